The molecule has 2 aromatic carbocycles. The third-order valence-corrected chi connectivity index (χ3v) is 7.01. The Bertz CT molecular complexity index is 1190. The van der Waals surface area contributed by atoms with Gasteiger partial charge in [0.15, 0.2) is 6.20 Å². The van der Waals surface area contributed by atoms with Crippen LogP contribution in [0.3, 0.4) is 0 Å². The highest BCUT2D eigenvalue weighted by Gasteiger charge is 2.34. The first-order valence-electron chi connectivity index (χ1n) is 13.1. The first-order valence-corrected chi connectivity index (χ1v) is 13.1. The largest absolute Gasteiger partial charge is 0.616 e. The zero-order chi connectivity index (χ0) is 26.3. The van der Waals surface area contributed by atoms with E-state index in [1.165, 1.54) is 6.20 Å². The summed E-state index contributed by atoms with van der Waals surface area (Å²) in [5, 5.41) is 26.0. The molecule has 3 heterocycles. The van der Waals surface area contributed by atoms with Crippen LogP contribution in [0.2, 0.25) is 0 Å². The normalized spacial score (nSPS) is 21.0. The lowest BCUT2D eigenvalue weighted by Crippen LogP contribution is -2.49. The van der Waals surface area contributed by atoms with E-state index in [9.17, 15) is 10.3 Å². The minimum absolute atomic E-state index is 0.196. The van der Waals surface area contributed by atoms with Crippen LogP contribution in [0.25, 0.3) is 0 Å². The third-order valence-electron chi connectivity index (χ3n) is 7.01. The van der Waals surface area contributed by atoms with E-state index < -0.39 is 6.10 Å². The summed E-state index contributed by atoms with van der Waals surface area (Å²) in [4.78, 5) is 2.34. The molecule has 38 heavy (non-hydrogen) atoms. The number of aromatic nitrogens is 1. The number of hydrogen-bond donors (Lipinski definition) is 2. The predicted molar refractivity (Wildman–Crippen MR) is 143 cm³/mol. The smallest absolute Gasteiger partial charge is 0.384 e. The van der Waals surface area contributed by atoms with E-state index in [1.54, 1.807) is 25.3 Å². The Morgan fingerprint density at radius 1 is 1.13 bits per heavy atom. The van der Waals surface area contributed by atoms with Crippen molar-refractivity contribution in [3.63, 3.8) is 0 Å². The fourth-order valence-corrected chi connectivity index (χ4v) is 5.09. The molecule has 2 aliphatic rings. The maximum absolute atomic E-state index is 11.9. The molecule has 3 atom stereocenters. The van der Waals surface area contributed by atoms with E-state index in [-0.39, 0.29) is 17.9 Å². The molecule has 0 saturated carbocycles. The highest BCUT2D eigenvalue weighted by Crippen LogP contribution is 2.34. The van der Waals surface area contributed by atoms with Gasteiger partial charge in [-0.15, -0.1) is 4.73 Å². The van der Waals surface area contributed by atoms with Crippen molar-refractivity contribution >= 4 is 5.69 Å². The topological polar surface area (TPSA) is 99.4 Å². The van der Waals surface area contributed by atoms with Crippen LogP contribution >= 0.6 is 0 Å². The fourth-order valence-electron chi connectivity index (χ4n) is 5.09. The number of pyridine rings is 1. The molecule has 0 spiro atoms. The molecule has 9 heteroatoms. The number of nitrogens with zero attached hydrogens (tertiary/aromatic N) is 2. The summed E-state index contributed by atoms with van der Waals surface area (Å²) in [6, 6.07) is 18.7. The minimum Gasteiger partial charge on any atom is -0.616 e. The van der Waals surface area contributed by atoms with E-state index in [2.05, 4.69) is 16.3 Å². The number of nitrogens with one attached hydrogen (secondary N) is 1. The summed E-state index contributed by atoms with van der Waals surface area (Å²) in [5.74, 6) is 1.45. The van der Waals surface area contributed by atoms with Crippen LogP contribution in [0.4, 0.5) is 5.69 Å². The first kappa shape index (κ1) is 26.2. The SMILES string of the molecule is COCCCN1CCOc2ccc(CO[C@H]3CNC[C@@H](O)[C@@H]3c3ccc(Oc4cccc[n+]4[O-])cc3)cc21. The zero-order valence-electron chi connectivity index (χ0n) is 21.6. The number of aliphatic hydroxyl groups is 1. The van der Waals surface area contributed by atoms with Crippen molar-refractivity contribution < 1.29 is 28.8 Å². The van der Waals surface area contributed by atoms with Crippen molar-refractivity contribution in [1.29, 1.82) is 0 Å². The van der Waals surface area contributed by atoms with Crippen molar-refractivity contribution in [3.05, 3.63) is 83.2 Å². The van der Waals surface area contributed by atoms with Gasteiger partial charge in [0.1, 0.15) is 18.1 Å². The Morgan fingerprint density at radius 2 is 2.00 bits per heavy atom. The maximum Gasteiger partial charge on any atom is 0.384 e. The van der Waals surface area contributed by atoms with Crippen molar-refractivity contribution in [2.45, 2.75) is 31.2 Å². The summed E-state index contributed by atoms with van der Waals surface area (Å²) >= 11 is 0. The van der Waals surface area contributed by atoms with Crippen LogP contribution in [-0.2, 0) is 16.1 Å². The Balaban J connectivity index is 1.26. The summed E-state index contributed by atoms with van der Waals surface area (Å²) < 4.78 is 23.9. The van der Waals surface area contributed by atoms with Gasteiger partial charge >= 0.3 is 5.88 Å². The average molecular weight is 522 g/mol. The third kappa shape index (κ3) is 6.19. The summed E-state index contributed by atoms with van der Waals surface area (Å²) in [6.45, 7) is 4.72. The molecule has 0 amide bonds. The Hall–Kier alpha value is -3.37. The van der Waals surface area contributed by atoms with Crippen LogP contribution in [0.15, 0.2) is 66.9 Å². The molecule has 2 aliphatic heterocycles. The van der Waals surface area contributed by atoms with Crippen molar-refractivity contribution in [2.75, 3.05) is 51.4 Å². The Kier molecular flexibility index (Phi) is 8.60. The van der Waals surface area contributed by atoms with E-state index in [4.69, 9.17) is 18.9 Å². The number of anilines is 1. The molecule has 0 bridgehead atoms. The summed E-state index contributed by atoms with van der Waals surface area (Å²) in [7, 11) is 1.72. The van der Waals surface area contributed by atoms with Crippen LogP contribution in [0.5, 0.6) is 17.4 Å². The number of β-amino-alcohol motifs (C(OH)–C–C–N with tert-alkyl or cyclic N) is 1. The molecule has 3 aromatic rings. The number of hydrogen-bond acceptors (Lipinski definition) is 8. The predicted octanol–water partition coefficient (Wildman–Crippen LogP) is 2.98. The van der Waals surface area contributed by atoms with Gasteiger partial charge in [0.2, 0.25) is 0 Å². The van der Waals surface area contributed by atoms with Crippen molar-refractivity contribution in [2.24, 2.45) is 0 Å². The number of methoxy groups -OCH3 is 1. The lowest BCUT2D eigenvalue weighted by molar-refractivity contribution is -0.611. The van der Waals surface area contributed by atoms with Gasteiger partial charge in [0, 0.05) is 45.3 Å². The lowest BCUT2D eigenvalue weighted by Gasteiger charge is -2.36. The first-order chi connectivity index (χ1) is 18.6. The van der Waals surface area contributed by atoms with Gasteiger partial charge in [0.05, 0.1) is 37.1 Å². The monoisotopic (exact) mass is 521 g/mol. The van der Waals surface area contributed by atoms with Gasteiger partial charge in [-0.1, -0.05) is 18.2 Å². The van der Waals surface area contributed by atoms with Crippen molar-refractivity contribution in [3.8, 4) is 17.4 Å². The van der Waals surface area contributed by atoms with E-state index in [1.807, 2.05) is 36.4 Å². The van der Waals surface area contributed by atoms with Gasteiger partial charge in [-0.3, -0.25) is 0 Å². The number of rotatable bonds is 10. The molecule has 1 aromatic heterocycles. The molecular formula is C29H35N3O6. The van der Waals surface area contributed by atoms with Gasteiger partial charge in [-0.2, -0.15) is 0 Å². The molecular weight excluding hydrogens is 486 g/mol. The Labute approximate surface area is 223 Å². The van der Waals surface area contributed by atoms with Crippen LogP contribution < -0.4 is 24.4 Å². The maximum atomic E-state index is 11.9. The Morgan fingerprint density at radius 3 is 2.82 bits per heavy atom. The molecule has 9 nitrogen and oxygen atoms in total. The number of fused-ring (bicyclic) bond motifs is 1. The van der Waals surface area contributed by atoms with Crippen LogP contribution in [0.1, 0.15) is 23.5 Å². The molecule has 2 N–H and O–H groups in total. The van der Waals surface area contributed by atoms with E-state index >= 15 is 0 Å². The number of aliphatic hydroxyl groups excluding tert-OH is 1. The number of benzene rings is 2. The quantitative estimate of drug-likeness (QED) is 0.239. The highest BCUT2D eigenvalue weighted by atomic mass is 16.6. The fraction of sp³-hybridized carbons (Fsp3) is 0.414. The summed E-state index contributed by atoms with van der Waals surface area (Å²) in [5.41, 5.74) is 3.10. The molecule has 1 fully saturated rings. The van der Waals surface area contributed by atoms with Crippen LogP contribution in [-0.4, -0.2) is 63.8 Å². The summed E-state index contributed by atoms with van der Waals surface area (Å²) in [6.07, 6.45) is 1.54. The molecule has 5 rings (SSSR count). The second-order valence-electron chi connectivity index (χ2n) is 9.62. The highest BCUT2D eigenvalue weighted by molar-refractivity contribution is 5.61. The lowest BCUT2D eigenvalue weighted by atomic mass is 9.85. The number of ether oxygens (including phenoxy) is 4. The van der Waals surface area contributed by atoms with Gasteiger partial charge in [0.25, 0.3) is 0 Å². The van der Waals surface area contributed by atoms with Gasteiger partial charge in [-0.25, -0.2) is 0 Å². The molecule has 0 aliphatic carbocycles. The van der Waals surface area contributed by atoms with Crippen LogP contribution in [0, 0.1) is 5.21 Å². The minimum atomic E-state index is -0.591. The van der Waals surface area contributed by atoms with Crippen molar-refractivity contribution in [1.82, 2.24) is 5.32 Å². The van der Waals surface area contributed by atoms with Gasteiger partial charge in [-0.05, 0) is 47.9 Å². The second kappa shape index (κ2) is 12.4. The molecule has 1 saturated heterocycles. The van der Waals surface area contributed by atoms with E-state index in [0.29, 0.717) is 36.8 Å². The molecule has 0 unspecified atom stereocenters. The number of piperidine rings is 1. The zero-order valence-corrected chi connectivity index (χ0v) is 21.6. The average Bonchev–Trinajstić information content (AvgIpc) is 2.94. The van der Waals surface area contributed by atoms with Gasteiger partial charge < -0.3 is 39.5 Å². The standard InChI is InChI=1S/C29H35N3O6/c1-35-15-4-12-31-14-16-36-26-11-6-21(17-24(26)31)20-37-27-19-30-18-25(33)29(27)22-7-9-23(10-8-22)38-28-5-2-3-13-32(28)34/h2-3,5-11,13,17,25,27,29-30,33H,4,12,14-16,18-20H2,1H3/t25-,27+,29+/m1/s1. The van der Waals surface area contributed by atoms with E-state index in [0.717, 1.165) is 48.7 Å². The molecule has 0 radical (unpaired) electrons. The molecule has 202 valence electrons. The second-order valence-corrected chi connectivity index (χ2v) is 9.62.